The van der Waals surface area contributed by atoms with Crippen LogP contribution in [-0.4, -0.2) is 13.2 Å². The summed E-state index contributed by atoms with van der Waals surface area (Å²) < 4.78 is 23.8. The van der Waals surface area contributed by atoms with Crippen LogP contribution in [0.1, 0.15) is 25.0 Å². The molecule has 0 saturated heterocycles. The van der Waals surface area contributed by atoms with Gasteiger partial charge in [0.05, 0.1) is 13.2 Å². The standard InChI is InChI=1S/C19H22ClO3PS/c1-3-22-24(21,23-4-2)14-19(17-11-8-12-18(20)13-17)25-15-16-9-6-5-7-10-16/h5-14H,3-4,15H2,1-2H3/b19-14+. The van der Waals surface area contributed by atoms with Gasteiger partial charge in [0, 0.05) is 21.5 Å². The molecule has 134 valence electrons. The van der Waals surface area contributed by atoms with Gasteiger partial charge in [-0.1, -0.05) is 54.1 Å². The molecule has 0 amide bonds. The van der Waals surface area contributed by atoms with Crippen LogP contribution in [0, 0.1) is 0 Å². The van der Waals surface area contributed by atoms with Gasteiger partial charge >= 0.3 is 7.60 Å². The maximum atomic E-state index is 12.9. The molecular formula is C19H22ClO3PS. The largest absolute Gasteiger partial charge is 0.355 e. The number of rotatable bonds is 9. The zero-order valence-corrected chi connectivity index (χ0v) is 16.8. The normalized spacial score (nSPS) is 12.4. The molecule has 0 unspecified atom stereocenters. The third kappa shape index (κ3) is 6.65. The third-order valence-electron chi connectivity index (χ3n) is 3.24. The first-order chi connectivity index (χ1) is 12.1. The predicted molar refractivity (Wildman–Crippen MR) is 108 cm³/mol. The van der Waals surface area contributed by atoms with Crippen LogP contribution in [0.3, 0.4) is 0 Å². The predicted octanol–water partition coefficient (Wildman–Crippen LogP) is 6.84. The Hall–Kier alpha value is -1.03. The van der Waals surface area contributed by atoms with E-state index in [0.29, 0.717) is 18.2 Å². The van der Waals surface area contributed by atoms with Crippen molar-refractivity contribution in [2.45, 2.75) is 19.6 Å². The van der Waals surface area contributed by atoms with Crippen LogP contribution in [-0.2, 0) is 19.4 Å². The summed E-state index contributed by atoms with van der Waals surface area (Å²) in [5.41, 5.74) is 2.08. The summed E-state index contributed by atoms with van der Waals surface area (Å²) in [5.74, 6) is 2.36. The molecule has 0 atom stereocenters. The highest BCUT2D eigenvalue weighted by molar-refractivity contribution is 8.07. The van der Waals surface area contributed by atoms with Gasteiger partial charge in [-0.25, -0.2) is 0 Å². The van der Waals surface area contributed by atoms with Crippen molar-refractivity contribution in [1.29, 1.82) is 0 Å². The van der Waals surface area contributed by atoms with Gasteiger partial charge in [-0.15, -0.1) is 11.8 Å². The van der Waals surface area contributed by atoms with Gasteiger partial charge in [-0.3, -0.25) is 4.57 Å². The van der Waals surface area contributed by atoms with E-state index in [4.69, 9.17) is 20.6 Å². The van der Waals surface area contributed by atoms with Crippen molar-refractivity contribution >= 4 is 35.9 Å². The van der Waals surface area contributed by atoms with Gasteiger partial charge < -0.3 is 9.05 Å². The fourth-order valence-corrected chi connectivity index (χ4v) is 5.25. The van der Waals surface area contributed by atoms with Crippen LogP contribution < -0.4 is 0 Å². The Bertz CT molecular complexity index is 739. The highest BCUT2D eigenvalue weighted by Gasteiger charge is 2.22. The third-order valence-corrected chi connectivity index (χ3v) is 6.60. The van der Waals surface area contributed by atoms with Crippen molar-refractivity contribution in [1.82, 2.24) is 0 Å². The maximum Gasteiger partial charge on any atom is 0.355 e. The summed E-state index contributed by atoms with van der Waals surface area (Å²) >= 11 is 7.72. The molecule has 0 aliphatic carbocycles. The molecule has 0 aromatic heterocycles. The Kier molecular flexibility index (Phi) is 8.28. The number of thioether (sulfide) groups is 1. The van der Waals surface area contributed by atoms with Crippen molar-refractivity contribution < 1.29 is 13.6 Å². The van der Waals surface area contributed by atoms with Crippen LogP contribution >= 0.6 is 31.0 Å². The maximum absolute atomic E-state index is 12.9. The van der Waals surface area contributed by atoms with Crippen molar-refractivity contribution in [3.63, 3.8) is 0 Å². The monoisotopic (exact) mass is 396 g/mol. The van der Waals surface area contributed by atoms with Crippen LogP contribution in [0.4, 0.5) is 0 Å². The molecule has 2 rings (SSSR count). The van der Waals surface area contributed by atoms with Crippen molar-refractivity contribution in [2.24, 2.45) is 0 Å². The fourth-order valence-electron chi connectivity index (χ4n) is 2.19. The van der Waals surface area contributed by atoms with Gasteiger partial charge in [0.15, 0.2) is 0 Å². The Morgan fingerprint density at radius 1 is 1.08 bits per heavy atom. The van der Waals surface area contributed by atoms with E-state index < -0.39 is 7.60 Å². The highest BCUT2D eigenvalue weighted by Crippen LogP contribution is 2.53. The van der Waals surface area contributed by atoms with Gasteiger partial charge in [0.25, 0.3) is 0 Å². The van der Waals surface area contributed by atoms with Crippen molar-refractivity contribution in [3.8, 4) is 0 Å². The van der Waals surface area contributed by atoms with Crippen molar-refractivity contribution in [2.75, 3.05) is 13.2 Å². The first kappa shape index (κ1) is 20.3. The van der Waals surface area contributed by atoms with Gasteiger partial charge in [0.2, 0.25) is 0 Å². The van der Waals surface area contributed by atoms with E-state index in [1.807, 2.05) is 42.5 Å². The van der Waals surface area contributed by atoms with Crippen LogP contribution in [0.5, 0.6) is 0 Å². The lowest BCUT2D eigenvalue weighted by atomic mass is 10.2. The average molecular weight is 397 g/mol. The Morgan fingerprint density at radius 2 is 1.76 bits per heavy atom. The SMILES string of the molecule is CCOP(=O)(/C=C(/SCc1ccccc1)c1cccc(Cl)c1)OCC. The van der Waals surface area contributed by atoms with Crippen LogP contribution in [0.15, 0.2) is 60.4 Å². The molecule has 0 N–H and O–H groups in total. The summed E-state index contributed by atoms with van der Waals surface area (Å²) in [6.45, 7) is 4.24. The Labute approximate surface area is 158 Å². The summed E-state index contributed by atoms with van der Waals surface area (Å²) in [6, 6.07) is 17.6. The summed E-state index contributed by atoms with van der Waals surface area (Å²) in [5, 5.41) is 0.631. The molecule has 0 radical (unpaired) electrons. The fraction of sp³-hybridized carbons (Fsp3) is 0.263. The van der Waals surface area contributed by atoms with E-state index in [1.54, 1.807) is 31.4 Å². The van der Waals surface area contributed by atoms with Crippen LogP contribution in [0.25, 0.3) is 4.91 Å². The number of halogens is 1. The van der Waals surface area contributed by atoms with E-state index in [1.165, 1.54) is 5.56 Å². The minimum atomic E-state index is -3.30. The second-order valence-electron chi connectivity index (χ2n) is 5.15. The van der Waals surface area contributed by atoms with Gasteiger partial charge in [-0.05, 0) is 37.1 Å². The lowest BCUT2D eigenvalue weighted by molar-refractivity contribution is 0.229. The molecule has 0 fully saturated rings. The molecule has 0 spiro atoms. The second kappa shape index (κ2) is 10.2. The molecular weight excluding hydrogens is 375 g/mol. The van der Waals surface area contributed by atoms with E-state index in [2.05, 4.69) is 12.1 Å². The molecule has 2 aromatic carbocycles. The molecule has 0 aliphatic rings. The smallest absolute Gasteiger partial charge is 0.306 e. The molecule has 0 aliphatic heterocycles. The lowest BCUT2D eigenvalue weighted by Crippen LogP contribution is -1.94. The zero-order valence-electron chi connectivity index (χ0n) is 14.4. The quantitative estimate of drug-likeness (QED) is 0.435. The van der Waals surface area contributed by atoms with Gasteiger partial charge in [-0.2, -0.15) is 0 Å². The van der Waals surface area contributed by atoms with Crippen LogP contribution in [0.2, 0.25) is 5.02 Å². The summed E-state index contributed by atoms with van der Waals surface area (Å²) in [6.07, 6.45) is 0. The van der Waals surface area contributed by atoms with E-state index >= 15 is 0 Å². The first-order valence-corrected chi connectivity index (χ1v) is 11.1. The average Bonchev–Trinajstić information content (AvgIpc) is 2.60. The molecule has 3 nitrogen and oxygen atoms in total. The highest BCUT2D eigenvalue weighted by atomic mass is 35.5. The minimum absolute atomic E-state index is 0.319. The topological polar surface area (TPSA) is 35.5 Å². The number of benzene rings is 2. The van der Waals surface area contributed by atoms with Gasteiger partial charge in [0.1, 0.15) is 0 Å². The molecule has 6 heteroatoms. The summed E-state index contributed by atoms with van der Waals surface area (Å²) in [4.78, 5) is 0.830. The van der Waals surface area contributed by atoms with E-state index in [9.17, 15) is 4.57 Å². The molecule has 0 saturated carbocycles. The minimum Gasteiger partial charge on any atom is -0.306 e. The number of hydrogen-bond acceptors (Lipinski definition) is 4. The second-order valence-corrected chi connectivity index (χ2v) is 8.46. The van der Waals surface area contributed by atoms with E-state index in [0.717, 1.165) is 16.2 Å². The molecule has 25 heavy (non-hydrogen) atoms. The molecule has 0 bridgehead atoms. The Morgan fingerprint density at radius 3 is 2.36 bits per heavy atom. The zero-order chi connectivity index (χ0) is 18.1. The number of hydrogen-bond donors (Lipinski definition) is 0. The van der Waals surface area contributed by atoms with E-state index in [-0.39, 0.29) is 0 Å². The molecule has 0 heterocycles. The summed E-state index contributed by atoms with van der Waals surface area (Å²) in [7, 11) is -3.30. The first-order valence-electron chi connectivity index (χ1n) is 8.10. The van der Waals surface area contributed by atoms with Crippen molar-refractivity contribution in [3.05, 3.63) is 76.6 Å². The molecule has 2 aromatic rings. The lowest BCUT2D eigenvalue weighted by Gasteiger charge is -2.16. The Balaban J connectivity index is 2.33.